The largest absolute Gasteiger partial charge is 0.488 e. The van der Waals surface area contributed by atoms with Gasteiger partial charge in [-0.2, -0.15) is 0 Å². The molecule has 4 aliphatic heterocycles. The first-order valence-corrected chi connectivity index (χ1v) is 19.5. The first-order chi connectivity index (χ1) is 24.6. The number of Topliss-reactive ketones (excluding diaryl/α,β-unsaturated/α-hetero) is 1. The smallest absolute Gasteiger partial charge is 0.311 e. The zero-order valence-electron chi connectivity index (χ0n) is 34.8. The molecular formula is C40H69NO12. The lowest BCUT2D eigenvalue weighted by molar-refractivity contribution is -0.317. The molecule has 16 atom stereocenters. The number of ether oxygens (including phenoxy) is 8. The summed E-state index contributed by atoms with van der Waals surface area (Å²) in [6, 6.07) is -0.0782. The first-order valence-electron chi connectivity index (χ1n) is 19.5. The number of cyclic esters (lactones) is 1. The van der Waals surface area contributed by atoms with Crippen molar-refractivity contribution < 1.29 is 57.7 Å². The Balaban J connectivity index is 1.86. The van der Waals surface area contributed by atoms with Gasteiger partial charge in [0.15, 0.2) is 24.0 Å². The summed E-state index contributed by atoms with van der Waals surface area (Å²) in [5.74, 6) is -2.59. The van der Waals surface area contributed by atoms with Crippen molar-refractivity contribution >= 4 is 11.8 Å². The topological polar surface area (TPSA) is 152 Å². The number of esters is 1. The Morgan fingerprint density at radius 3 is 2.19 bits per heavy atom. The van der Waals surface area contributed by atoms with E-state index in [0.717, 1.165) is 5.57 Å². The molecule has 3 fully saturated rings. The van der Waals surface area contributed by atoms with Crippen LogP contribution < -0.4 is 0 Å². The van der Waals surface area contributed by atoms with E-state index in [9.17, 15) is 19.8 Å². The van der Waals surface area contributed by atoms with Crippen LogP contribution in [0, 0.1) is 17.8 Å². The van der Waals surface area contributed by atoms with Crippen LogP contribution in [0.25, 0.3) is 0 Å². The second-order valence-corrected chi connectivity index (χ2v) is 17.1. The van der Waals surface area contributed by atoms with Crippen molar-refractivity contribution in [1.82, 2.24) is 4.90 Å². The molecule has 0 aromatic heterocycles. The van der Waals surface area contributed by atoms with Crippen LogP contribution in [0.15, 0.2) is 11.3 Å². The molecule has 0 spiro atoms. The molecule has 0 amide bonds. The fraction of sp³-hybridized carbons (Fsp3) is 0.900. The van der Waals surface area contributed by atoms with E-state index in [1.807, 2.05) is 41.7 Å². The standard InChI is InChI=1S/C40H69NO12/c1-16-28-40(12,47-15)33(43)23(6)31-21(4)18-39(11,53-31)35(52-37-30(42)27(17-22(5)48-37)41(13)20(2)3)24(7)32(25(8)36(45)50-28)51-29-19-38(10,46-14)34(44)26(9)49-29/h20,22-30,32,34-35,37,42,44H,16-19H2,1-15H3/t22-,23+,24+,25-,26+,27?,28-,29?,30?,32?,34?,35?,37?,38?,39?,40?/m1/s1. The van der Waals surface area contributed by atoms with E-state index in [1.54, 1.807) is 34.6 Å². The minimum Gasteiger partial charge on any atom is -0.488 e. The number of aliphatic hydroxyl groups is 2. The summed E-state index contributed by atoms with van der Waals surface area (Å²) in [5.41, 5.74) is -2.66. The van der Waals surface area contributed by atoms with Crippen LogP contribution in [0.2, 0.25) is 0 Å². The molecule has 0 aromatic carbocycles. The summed E-state index contributed by atoms with van der Waals surface area (Å²) < 4.78 is 51.1. The first kappa shape index (κ1) is 44.0. The highest BCUT2D eigenvalue weighted by Gasteiger charge is 2.56. The number of allylic oxidation sites excluding steroid dienone is 1. The minimum absolute atomic E-state index is 0.164. The highest BCUT2D eigenvalue weighted by atomic mass is 16.7. The van der Waals surface area contributed by atoms with Crippen molar-refractivity contribution in [3.63, 3.8) is 0 Å². The molecule has 4 heterocycles. The zero-order chi connectivity index (χ0) is 40.0. The molecule has 13 heteroatoms. The number of carbonyl (C=O) groups excluding carboxylic acids is 2. The van der Waals surface area contributed by atoms with Crippen molar-refractivity contribution in [2.75, 3.05) is 21.3 Å². The quantitative estimate of drug-likeness (QED) is 0.318. The third-order valence-electron chi connectivity index (χ3n) is 12.8. The number of fused-ring (bicyclic) bond motifs is 2. The van der Waals surface area contributed by atoms with Crippen LogP contribution in [0.5, 0.6) is 0 Å². The van der Waals surface area contributed by atoms with Gasteiger partial charge in [0.2, 0.25) is 0 Å². The second kappa shape index (κ2) is 16.8. The number of carbonyl (C=O) groups is 2. The second-order valence-electron chi connectivity index (χ2n) is 17.1. The molecule has 13 nitrogen and oxygen atoms in total. The average Bonchev–Trinajstić information content (AvgIpc) is 3.43. The molecule has 53 heavy (non-hydrogen) atoms. The van der Waals surface area contributed by atoms with Crippen LogP contribution in [-0.2, 0) is 47.5 Å². The van der Waals surface area contributed by atoms with Crippen LogP contribution in [0.3, 0.4) is 0 Å². The van der Waals surface area contributed by atoms with Crippen molar-refractivity contribution in [1.29, 1.82) is 0 Å². The van der Waals surface area contributed by atoms with Crippen molar-refractivity contribution in [2.45, 2.75) is 193 Å². The van der Waals surface area contributed by atoms with Crippen LogP contribution in [0.1, 0.15) is 109 Å². The Hall–Kier alpha value is -1.68. The van der Waals surface area contributed by atoms with Gasteiger partial charge >= 0.3 is 5.97 Å². The number of nitrogens with zero attached hydrogens (tertiary/aromatic N) is 1. The van der Waals surface area contributed by atoms with Gasteiger partial charge in [-0.3, -0.25) is 14.5 Å². The Kier molecular flexibility index (Phi) is 14.0. The Morgan fingerprint density at radius 2 is 1.62 bits per heavy atom. The fourth-order valence-corrected chi connectivity index (χ4v) is 9.05. The van der Waals surface area contributed by atoms with E-state index < -0.39 is 89.7 Å². The van der Waals surface area contributed by atoms with Gasteiger partial charge in [0, 0.05) is 45.1 Å². The van der Waals surface area contributed by atoms with Gasteiger partial charge in [0.25, 0.3) is 0 Å². The Morgan fingerprint density at radius 1 is 0.981 bits per heavy atom. The average molecular weight is 756 g/mol. The van der Waals surface area contributed by atoms with E-state index in [-0.39, 0.29) is 30.4 Å². The predicted molar refractivity (Wildman–Crippen MR) is 197 cm³/mol. The van der Waals surface area contributed by atoms with Crippen molar-refractivity contribution in [3.05, 3.63) is 11.3 Å². The van der Waals surface area contributed by atoms with Crippen LogP contribution in [0.4, 0.5) is 0 Å². The summed E-state index contributed by atoms with van der Waals surface area (Å²) in [6.07, 6.45) is -5.84. The molecule has 0 radical (unpaired) electrons. The predicted octanol–water partition coefficient (Wildman–Crippen LogP) is 4.53. The molecule has 0 aromatic rings. The van der Waals surface area contributed by atoms with Gasteiger partial charge in [-0.25, -0.2) is 0 Å². The molecule has 306 valence electrons. The molecule has 2 bridgehead atoms. The monoisotopic (exact) mass is 755 g/mol. The van der Waals surface area contributed by atoms with Gasteiger partial charge in [-0.05, 0) is 94.7 Å². The summed E-state index contributed by atoms with van der Waals surface area (Å²) in [4.78, 5) is 30.8. The maximum atomic E-state index is 14.4. The van der Waals surface area contributed by atoms with Crippen molar-refractivity contribution in [2.24, 2.45) is 17.8 Å². The molecule has 2 N–H and O–H groups in total. The number of aliphatic hydroxyl groups excluding tert-OH is 2. The van der Waals surface area contributed by atoms with Gasteiger partial charge in [0.1, 0.15) is 35.8 Å². The highest BCUT2D eigenvalue weighted by Crippen LogP contribution is 2.47. The summed E-state index contributed by atoms with van der Waals surface area (Å²) in [7, 11) is 4.97. The summed E-state index contributed by atoms with van der Waals surface area (Å²) in [6.45, 7) is 22.5. The van der Waals surface area contributed by atoms with E-state index in [1.165, 1.54) is 14.2 Å². The molecule has 10 unspecified atom stereocenters. The van der Waals surface area contributed by atoms with E-state index >= 15 is 0 Å². The van der Waals surface area contributed by atoms with Gasteiger partial charge in [-0.1, -0.05) is 13.8 Å². The molecular weight excluding hydrogens is 686 g/mol. The number of hydrogen-bond acceptors (Lipinski definition) is 13. The van der Waals surface area contributed by atoms with E-state index in [0.29, 0.717) is 25.0 Å². The number of hydrogen-bond donors (Lipinski definition) is 2. The van der Waals surface area contributed by atoms with Crippen LogP contribution in [-0.4, -0.2) is 132 Å². The SMILES string of the molecule is CC[C@H]1OC(=O)[C@H](C)C(OC2CC(C)(OC)C(O)[C@H](C)O2)[C@H](C)C(OC2O[C@H](C)CC(N(C)C(C)C)C2O)C2(C)CC(C)=C(O2)[C@H](C)C(=O)C1(C)OC. The third-order valence-corrected chi connectivity index (χ3v) is 12.8. The minimum atomic E-state index is -1.48. The lowest BCUT2D eigenvalue weighted by Crippen LogP contribution is -2.61. The van der Waals surface area contributed by atoms with Gasteiger partial charge < -0.3 is 48.1 Å². The maximum Gasteiger partial charge on any atom is 0.311 e. The van der Waals surface area contributed by atoms with E-state index in [2.05, 4.69) is 18.7 Å². The third kappa shape index (κ3) is 8.54. The normalized spacial score (nSPS) is 46.1. The number of methoxy groups -OCH3 is 2. The zero-order valence-corrected chi connectivity index (χ0v) is 34.8. The summed E-state index contributed by atoms with van der Waals surface area (Å²) in [5, 5.41) is 22.8. The molecule has 0 saturated carbocycles. The Labute approximate surface area is 317 Å². The van der Waals surface area contributed by atoms with Crippen LogP contribution >= 0.6 is 0 Å². The molecule has 4 rings (SSSR count). The number of likely N-dealkylation sites (N-methyl/N-ethyl adjacent to an activating group) is 1. The maximum absolute atomic E-state index is 14.4. The highest BCUT2D eigenvalue weighted by molar-refractivity contribution is 5.92. The van der Waals surface area contributed by atoms with E-state index in [4.69, 9.17) is 37.9 Å². The fourth-order valence-electron chi connectivity index (χ4n) is 9.05. The lowest BCUT2D eigenvalue weighted by atomic mass is 9.79. The summed E-state index contributed by atoms with van der Waals surface area (Å²) >= 11 is 0. The number of rotatable bonds is 9. The van der Waals surface area contributed by atoms with Crippen molar-refractivity contribution in [3.8, 4) is 0 Å². The molecule has 3 saturated heterocycles. The van der Waals surface area contributed by atoms with Gasteiger partial charge in [0.05, 0.1) is 35.7 Å². The molecule has 4 aliphatic rings. The number of ketones is 1. The lowest BCUT2D eigenvalue weighted by Gasteiger charge is -2.49. The molecule has 0 aliphatic carbocycles. The Bertz CT molecular complexity index is 1330. The van der Waals surface area contributed by atoms with Gasteiger partial charge in [-0.15, -0.1) is 0 Å².